The third kappa shape index (κ3) is 2.71. The number of hydroxylamine groups is 1. The number of hydrogen-bond acceptors (Lipinski definition) is 2. The molecule has 0 bridgehead atoms. The first-order valence-corrected chi connectivity index (χ1v) is 5.80. The van der Waals surface area contributed by atoms with Crippen LogP contribution in [-0.2, 0) is 4.84 Å². The van der Waals surface area contributed by atoms with Crippen molar-refractivity contribution in [2.75, 3.05) is 6.54 Å². The highest BCUT2D eigenvalue weighted by Gasteiger charge is 2.41. The molecule has 0 aromatic heterocycles. The van der Waals surface area contributed by atoms with Crippen molar-refractivity contribution in [3.63, 3.8) is 0 Å². The van der Waals surface area contributed by atoms with E-state index in [0.29, 0.717) is 17.8 Å². The van der Waals surface area contributed by atoms with Crippen LogP contribution < -0.4 is 5.48 Å². The lowest BCUT2D eigenvalue weighted by Crippen LogP contribution is -2.51. The van der Waals surface area contributed by atoms with Crippen LogP contribution in [0.3, 0.4) is 0 Å². The second-order valence-electron chi connectivity index (χ2n) is 4.92. The third-order valence-corrected chi connectivity index (χ3v) is 3.10. The molecular weight excluding hydrogens is 174 g/mol. The molecule has 86 valence electrons. The Hall–Kier alpha value is -0.0800. The van der Waals surface area contributed by atoms with Crippen molar-refractivity contribution < 1.29 is 4.84 Å². The van der Waals surface area contributed by atoms with Gasteiger partial charge >= 0.3 is 0 Å². The summed E-state index contributed by atoms with van der Waals surface area (Å²) in [5.41, 5.74) is 2.97. The number of hydrogen-bond donors (Lipinski definition) is 1. The van der Waals surface area contributed by atoms with Crippen LogP contribution in [0.25, 0.3) is 0 Å². The summed E-state index contributed by atoms with van der Waals surface area (Å²) in [6, 6.07) is 0. The minimum atomic E-state index is -0.0595. The van der Waals surface area contributed by atoms with Gasteiger partial charge in [0.05, 0.1) is 5.60 Å². The summed E-state index contributed by atoms with van der Waals surface area (Å²) in [6.07, 6.45) is 0. The number of nitrogens with one attached hydrogen (secondary N) is 1. The Morgan fingerprint density at radius 2 is 1.29 bits per heavy atom. The predicted octanol–water partition coefficient (Wildman–Crippen LogP) is 3.23. The van der Waals surface area contributed by atoms with Gasteiger partial charge in [-0.15, -0.1) is 0 Å². The van der Waals surface area contributed by atoms with E-state index < -0.39 is 0 Å². The Morgan fingerprint density at radius 1 is 0.929 bits per heavy atom. The molecule has 0 aliphatic heterocycles. The van der Waals surface area contributed by atoms with Crippen LogP contribution in [-0.4, -0.2) is 12.1 Å². The topological polar surface area (TPSA) is 21.3 Å². The molecule has 0 aliphatic carbocycles. The molecule has 0 amide bonds. The van der Waals surface area contributed by atoms with Gasteiger partial charge in [-0.3, -0.25) is 4.84 Å². The first kappa shape index (κ1) is 13.9. The van der Waals surface area contributed by atoms with Crippen LogP contribution >= 0.6 is 0 Å². The number of rotatable bonds is 6. The van der Waals surface area contributed by atoms with E-state index in [1.54, 1.807) is 0 Å². The van der Waals surface area contributed by atoms with Gasteiger partial charge in [-0.1, -0.05) is 48.5 Å². The molecular formula is C12H27NO. The van der Waals surface area contributed by atoms with E-state index in [-0.39, 0.29) is 5.60 Å². The molecule has 0 rings (SSSR count). The normalized spacial score (nSPS) is 13.3. The van der Waals surface area contributed by atoms with Gasteiger partial charge < -0.3 is 0 Å². The molecule has 0 saturated carbocycles. The monoisotopic (exact) mass is 201 g/mol. The summed E-state index contributed by atoms with van der Waals surface area (Å²) >= 11 is 0. The maximum atomic E-state index is 5.91. The third-order valence-electron chi connectivity index (χ3n) is 3.10. The highest BCUT2D eigenvalue weighted by molar-refractivity contribution is 4.89. The highest BCUT2D eigenvalue weighted by atomic mass is 16.7. The van der Waals surface area contributed by atoms with Gasteiger partial charge in [0.15, 0.2) is 0 Å². The fourth-order valence-corrected chi connectivity index (χ4v) is 2.55. The van der Waals surface area contributed by atoms with E-state index >= 15 is 0 Å². The van der Waals surface area contributed by atoms with Crippen molar-refractivity contribution in [3.05, 3.63) is 0 Å². The van der Waals surface area contributed by atoms with E-state index in [4.69, 9.17) is 4.84 Å². The van der Waals surface area contributed by atoms with E-state index in [0.717, 1.165) is 6.54 Å². The van der Waals surface area contributed by atoms with Gasteiger partial charge in [-0.05, 0) is 17.8 Å². The fraction of sp³-hybridized carbons (Fsp3) is 1.00. The van der Waals surface area contributed by atoms with Crippen molar-refractivity contribution in [1.82, 2.24) is 5.48 Å². The largest absolute Gasteiger partial charge is 0.294 e. The lowest BCUT2D eigenvalue weighted by Gasteiger charge is -2.44. The minimum Gasteiger partial charge on any atom is -0.294 e. The molecule has 0 aromatic rings. The molecule has 0 aromatic carbocycles. The highest BCUT2D eigenvalue weighted by Crippen LogP contribution is 2.36. The van der Waals surface area contributed by atoms with Crippen molar-refractivity contribution in [2.24, 2.45) is 17.8 Å². The molecule has 0 radical (unpaired) electrons. The molecule has 0 aliphatic rings. The summed E-state index contributed by atoms with van der Waals surface area (Å²) in [5.74, 6) is 1.55. The van der Waals surface area contributed by atoms with Gasteiger partial charge in [0, 0.05) is 6.54 Å². The Kier molecular flexibility index (Phi) is 5.68. The van der Waals surface area contributed by atoms with Crippen LogP contribution in [0.15, 0.2) is 0 Å². The Balaban J connectivity index is 4.76. The lowest BCUT2D eigenvalue weighted by molar-refractivity contribution is -0.183. The van der Waals surface area contributed by atoms with Crippen LogP contribution in [0.4, 0.5) is 0 Å². The maximum Gasteiger partial charge on any atom is 0.0964 e. The van der Waals surface area contributed by atoms with Crippen LogP contribution in [0.2, 0.25) is 0 Å². The molecule has 2 heteroatoms. The van der Waals surface area contributed by atoms with E-state index in [9.17, 15) is 0 Å². The van der Waals surface area contributed by atoms with Gasteiger partial charge in [-0.25, -0.2) is 5.48 Å². The standard InChI is InChI=1S/C12H27NO/c1-8-13-14-12(9(2)3,10(4)5)11(6)7/h9-11,13H,8H2,1-7H3. The maximum absolute atomic E-state index is 5.91. The van der Waals surface area contributed by atoms with Crippen molar-refractivity contribution in [2.45, 2.75) is 54.1 Å². The smallest absolute Gasteiger partial charge is 0.0964 e. The van der Waals surface area contributed by atoms with Crippen molar-refractivity contribution >= 4 is 0 Å². The van der Waals surface area contributed by atoms with Crippen LogP contribution in [0.5, 0.6) is 0 Å². The summed E-state index contributed by atoms with van der Waals surface area (Å²) in [4.78, 5) is 5.91. The summed E-state index contributed by atoms with van der Waals surface area (Å²) in [7, 11) is 0. The lowest BCUT2D eigenvalue weighted by atomic mass is 9.72. The second-order valence-corrected chi connectivity index (χ2v) is 4.92. The molecule has 0 heterocycles. The van der Waals surface area contributed by atoms with Crippen molar-refractivity contribution in [1.29, 1.82) is 0 Å². The zero-order valence-corrected chi connectivity index (χ0v) is 10.8. The molecule has 0 atom stereocenters. The Morgan fingerprint density at radius 3 is 1.50 bits per heavy atom. The van der Waals surface area contributed by atoms with Crippen molar-refractivity contribution in [3.8, 4) is 0 Å². The molecule has 14 heavy (non-hydrogen) atoms. The fourth-order valence-electron chi connectivity index (χ4n) is 2.55. The zero-order valence-electron chi connectivity index (χ0n) is 10.8. The Bertz CT molecular complexity index is 131. The molecule has 2 nitrogen and oxygen atoms in total. The quantitative estimate of drug-likeness (QED) is 0.666. The van der Waals surface area contributed by atoms with Gasteiger partial charge in [0.25, 0.3) is 0 Å². The first-order valence-electron chi connectivity index (χ1n) is 5.80. The first-order chi connectivity index (χ1) is 6.39. The molecule has 0 saturated heterocycles. The molecule has 1 N–H and O–H groups in total. The van der Waals surface area contributed by atoms with Gasteiger partial charge in [-0.2, -0.15) is 0 Å². The van der Waals surface area contributed by atoms with E-state index in [1.165, 1.54) is 0 Å². The molecule has 0 unspecified atom stereocenters. The predicted molar refractivity (Wildman–Crippen MR) is 62.0 cm³/mol. The van der Waals surface area contributed by atoms with E-state index in [1.807, 2.05) is 0 Å². The van der Waals surface area contributed by atoms with E-state index in [2.05, 4.69) is 53.9 Å². The minimum absolute atomic E-state index is 0.0595. The van der Waals surface area contributed by atoms with Gasteiger partial charge in [0.1, 0.15) is 0 Å². The summed E-state index contributed by atoms with van der Waals surface area (Å²) in [5, 5.41) is 0. The Labute approximate surface area is 89.4 Å². The van der Waals surface area contributed by atoms with Crippen LogP contribution in [0.1, 0.15) is 48.5 Å². The summed E-state index contributed by atoms with van der Waals surface area (Å²) in [6.45, 7) is 16.3. The molecule has 0 spiro atoms. The summed E-state index contributed by atoms with van der Waals surface area (Å²) < 4.78 is 0. The SMILES string of the molecule is CCNOC(C(C)C)(C(C)C)C(C)C. The second kappa shape index (κ2) is 5.72. The average Bonchev–Trinajstić information content (AvgIpc) is 2.03. The van der Waals surface area contributed by atoms with Crippen LogP contribution in [0, 0.1) is 17.8 Å². The molecule has 0 fully saturated rings. The van der Waals surface area contributed by atoms with Gasteiger partial charge in [0.2, 0.25) is 0 Å². The zero-order chi connectivity index (χ0) is 11.4. The average molecular weight is 201 g/mol.